The fourth-order valence-corrected chi connectivity index (χ4v) is 2.22. The summed E-state index contributed by atoms with van der Waals surface area (Å²) in [5.74, 6) is -2.44. The zero-order chi connectivity index (χ0) is 12.5. The van der Waals surface area contributed by atoms with Crippen LogP contribution in [-0.2, 0) is 14.6 Å². The molecule has 1 rings (SSSR count). The summed E-state index contributed by atoms with van der Waals surface area (Å²) in [6.45, 7) is 0. The van der Waals surface area contributed by atoms with Crippen molar-refractivity contribution in [2.75, 3.05) is 6.26 Å². The molecule has 16 heavy (non-hydrogen) atoms. The van der Waals surface area contributed by atoms with E-state index in [0.29, 0.717) is 0 Å². The molecule has 1 aromatic rings. The standard InChI is InChI=1S/C9H10FNO4S/c1-16(14,15)6-4-2-3-5(10)7(6)8(11)9(12)13/h2-4,8H,11H2,1H3,(H,12,13). The molecule has 0 bridgehead atoms. The van der Waals surface area contributed by atoms with Gasteiger partial charge in [-0.3, -0.25) is 4.79 Å². The number of sulfone groups is 1. The molecule has 0 aliphatic carbocycles. The summed E-state index contributed by atoms with van der Waals surface area (Å²) < 4.78 is 36.0. The lowest BCUT2D eigenvalue weighted by Crippen LogP contribution is -2.24. The largest absolute Gasteiger partial charge is 0.480 e. The minimum Gasteiger partial charge on any atom is -0.480 e. The number of aliphatic carboxylic acids is 1. The maximum Gasteiger partial charge on any atom is 0.325 e. The zero-order valence-corrected chi connectivity index (χ0v) is 9.16. The van der Waals surface area contributed by atoms with Gasteiger partial charge in [0.15, 0.2) is 9.84 Å². The van der Waals surface area contributed by atoms with Crippen molar-refractivity contribution in [3.63, 3.8) is 0 Å². The van der Waals surface area contributed by atoms with Crippen LogP contribution in [0, 0.1) is 5.82 Å². The van der Waals surface area contributed by atoms with Crippen LogP contribution < -0.4 is 5.73 Å². The van der Waals surface area contributed by atoms with Crippen LogP contribution >= 0.6 is 0 Å². The Bertz CT molecular complexity index is 526. The van der Waals surface area contributed by atoms with E-state index < -0.39 is 38.1 Å². The third kappa shape index (κ3) is 2.37. The van der Waals surface area contributed by atoms with Crippen molar-refractivity contribution >= 4 is 15.8 Å². The molecule has 0 aliphatic rings. The minimum atomic E-state index is -3.72. The van der Waals surface area contributed by atoms with Gasteiger partial charge in [-0.05, 0) is 12.1 Å². The monoisotopic (exact) mass is 247 g/mol. The number of hydrogen-bond acceptors (Lipinski definition) is 4. The number of carbonyl (C=O) groups is 1. The maximum absolute atomic E-state index is 13.4. The molecule has 0 saturated heterocycles. The van der Waals surface area contributed by atoms with Crippen LogP contribution in [0.3, 0.4) is 0 Å². The Balaban J connectivity index is 3.53. The van der Waals surface area contributed by atoms with Crippen LogP contribution in [0.4, 0.5) is 4.39 Å². The number of carboxylic acid groups (broad SMARTS) is 1. The number of halogens is 1. The molecule has 7 heteroatoms. The molecule has 0 fully saturated rings. The van der Waals surface area contributed by atoms with E-state index in [1.165, 1.54) is 6.07 Å². The van der Waals surface area contributed by atoms with Gasteiger partial charge in [0.2, 0.25) is 0 Å². The summed E-state index contributed by atoms with van der Waals surface area (Å²) in [4.78, 5) is 10.2. The van der Waals surface area contributed by atoms with Gasteiger partial charge in [0.05, 0.1) is 4.90 Å². The Labute approximate surface area is 91.6 Å². The molecule has 3 N–H and O–H groups in total. The van der Waals surface area contributed by atoms with Crippen LogP contribution in [0.25, 0.3) is 0 Å². The van der Waals surface area contributed by atoms with Gasteiger partial charge in [-0.25, -0.2) is 12.8 Å². The van der Waals surface area contributed by atoms with Gasteiger partial charge in [0, 0.05) is 11.8 Å². The average molecular weight is 247 g/mol. The van der Waals surface area contributed by atoms with E-state index in [2.05, 4.69) is 0 Å². The van der Waals surface area contributed by atoms with Gasteiger partial charge in [-0.15, -0.1) is 0 Å². The molecule has 0 aromatic heterocycles. The molecule has 0 spiro atoms. The van der Waals surface area contributed by atoms with Crippen molar-refractivity contribution in [3.8, 4) is 0 Å². The van der Waals surface area contributed by atoms with E-state index in [0.717, 1.165) is 18.4 Å². The van der Waals surface area contributed by atoms with Gasteiger partial charge in [-0.1, -0.05) is 6.07 Å². The number of rotatable bonds is 3. The Morgan fingerprint density at radius 2 is 2.06 bits per heavy atom. The lowest BCUT2D eigenvalue weighted by Gasteiger charge is -2.12. The van der Waals surface area contributed by atoms with Crippen LogP contribution in [0.2, 0.25) is 0 Å². The Hall–Kier alpha value is -1.47. The summed E-state index contributed by atoms with van der Waals surface area (Å²) in [7, 11) is -3.72. The molecular formula is C9H10FNO4S. The highest BCUT2D eigenvalue weighted by atomic mass is 32.2. The van der Waals surface area contributed by atoms with Crippen molar-refractivity contribution in [2.45, 2.75) is 10.9 Å². The predicted molar refractivity (Wildman–Crippen MR) is 54.1 cm³/mol. The molecule has 1 atom stereocenters. The second kappa shape index (κ2) is 4.18. The quantitative estimate of drug-likeness (QED) is 0.801. The molecule has 0 aliphatic heterocycles. The number of nitrogens with two attached hydrogens (primary N) is 1. The van der Waals surface area contributed by atoms with Gasteiger partial charge >= 0.3 is 5.97 Å². The zero-order valence-electron chi connectivity index (χ0n) is 8.34. The summed E-state index contributed by atoms with van der Waals surface area (Å²) in [5, 5.41) is 8.66. The number of benzene rings is 1. The highest BCUT2D eigenvalue weighted by Crippen LogP contribution is 2.24. The molecule has 0 saturated carbocycles. The highest BCUT2D eigenvalue weighted by Gasteiger charge is 2.26. The smallest absolute Gasteiger partial charge is 0.325 e. The lowest BCUT2D eigenvalue weighted by atomic mass is 10.1. The maximum atomic E-state index is 13.4. The first-order valence-electron chi connectivity index (χ1n) is 4.22. The second-order valence-corrected chi connectivity index (χ2v) is 5.22. The summed E-state index contributed by atoms with van der Waals surface area (Å²) >= 11 is 0. The third-order valence-electron chi connectivity index (χ3n) is 1.99. The topological polar surface area (TPSA) is 97.5 Å². The summed E-state index contributed by atoms with van der Waals surface area (Å²) in [6.07, 6.45) is 0.861. The highest BCUT2D eigenvalue weighted by molar-refractivity contribution is 7.90. The van der Waals surface area contributed by atoms with E-state index in [9.17, 15) is 17.6 Å². The fourth-order valence-electron chi connectivity index (χ4n) is 1.27. The van der Waals surface area contributed by atoms with E-state index in [1.807, 2.05) is 0 Å². The van der Waals surface area contributed by atoms with Crippen molar-refractivity contribution in [3.05, 3.63) is 29.6 Å². The number of carboxylic acids is 1. The van der Waals surface area contributed by atoms with E-state index in [-0.39, 0.29) is 0 Å². The first kappa shape index (κ1) is 12.6. The van der Waals surface area contributed by atoms with Crippen molar-refractivity contribution in [1.82, 2.24) is 0 Å². The van der Waals surface area contributed by atoms with Crippen molar-refractivity contribution in [2.24, 2.45) is 5.73 Å². The minimum absolute atomic E-state index is 0.401. The molecule has 1 aromatic carbocycles. The first-order valence-corrected chi connectivity index (χ1v) is 6.11. The van der Waals surface area contributed by atoms with Crippen molar-refractivity contribution < 1.29 is 22.7 Å². The third-order valence-corrected chi connectivity index (χ3v) is 3.14. The molecular weight excluding hydrogens is 237 g/mol. The number of hydrogen-bond donors (Lipinski definition) is 2. The Kier molecular flexibility index (Phi) is 3.30. The Morgan fingerprint density at radius 3 is 2.50 bits per heavy atom. The average Bonchev–Trinajstić information content (AvgIpc) is 2.14. The van der Waals surface area contributed by atoms with Crippen molar-refractivity contribution in [1.29, 1.82) is 0 Å². The van der Waals surface area contributed by atoms with Crippen LogP contribution in [0.1, 0.15) is 11.6 Å². The summed E-state index contributed by atoms with van der Waals surface area (Å²) in [5.41, 5.74) is 4.72. The van der Waals surface area contributed by atoms with Gasteiger partial charge in [0.25, 0.3) is 0 Å². The molecule has 0 amide bonds. The predicted octanol–water partition coefficient (Wildman–Crippen LogP) is 0.314. The van der Waals surface area contributed by atoms with Gasteiger partial charge in [0.1, 0.15) is 11.9 Å². The molecule has 0 heterocycles. The van der Waals surface area contributed by atoms with Crippen LogP contribution in [0.15, 0.2) is 23.1 Å². The molecule has 1 unspecified atom stereocenters. The SMILES string of the molecule is CS(=O)(=O)c1cccc(F)c1C(N)C(=O)O. The fraction of sp³-hybridized carbons (Fsp3) is 0.222. The van der Waals surface area contributed by atoms with Gasteiger partial charge in [-0.2, -0.15) is 0 Å². The first-order chi connectivity index (χ1) is 7.25. The van der Waals surface area contributed by atoms with Gasteiger partial charge < -0.3 is 10.8 Å². The molecule has 88 valence electrons. The van der Waals surface area contributed by atoms with E-state index in [4.69, 9.17) is 10.8 Å². The summed E-state index contributed by atoms with van der Waals surface area (Å²) in [6, 6.07) is 1.57. The lowest BCUT2D eigenvalue weighted by molar-refractivity contribution is -0.138. The van der Waals surface area contributed by atoms with Crippen LogP contribution in [-0.4, -0.2) is 25.7 Å². The van der Waals surface area contributed by atoms with E-state index in [1.54, 1.807) is 0 Å². The normalized spacial score (nSPS) is 13.4. The van der Waals surface area contributed by atoms with E-state index >= 15 is 0 Å². The van der Waals surface area contributed by atoms with Crippen LogP contribution in [0.5, 0.6) is 0 Å². The Morgan fingerprint density at radius 1 is 1.50 bits per heavy atom. The second-order valence-electron chi connectivity index (χ2n) is 3.24. The molecule has 0 radical (unpaired) electrons. The molecule has 5 nitrogen and oxygen atoms in total.